The molecule has 1 aromatic rings. The summed E-state index contributed by atoms with van der Waals surface area (Å²) < 4.78 is 26.1. The molecule has 1 aromatic carbocycles. The second-order valence-corrected chi connectivity index (χ2v) is 6.51. The average Bonchev–Trinajstić information content (AvgIpc) is 2.40. The first-order valence-corrected chi connectivity index (χ1v) is 7.31. The number of benzene rings is 1. The molecule has 1 unspecified atom stereocenters. The van der Waals surface area contributed by atoms with E-state index in [4.69, 9.17) is 11.6 Å². The summed E-state index contributed by atoms with van der Waals surface area (Å²) in [5.41, 5.74) is -0.613. The lowest BCUT2D eigenvalue weighted by Crippen LogP contribution is -2.41. The van der Waals surface area contributed by atoms with Crippen molar-refractivity contribution < 1.29 is 23.5 Å². The molecule has 8 heteroatoms. The predicted molar refractivity (Wildman–Crippen MR) is 83.1 cm³/mol. The van der Waals surface area contributed by atoms with Crippen molar-refractivity contribution in [1.82, 2.24) is 5.32 Å². The first-order valence-electron chi connectivity index (χ1n) is 6.93. The van der Waals surface area contributed by atoms with Gasteiger partial charge in [0, 0.05) is 12.6 Å². The van der Waals surface area contributed by atoms with Crippen LogP contribution in [0.15, 0.2) is 12.1 Å². The van der Waals surface area contributed by atoms with Gasteiger partial charge in [0.05, 0.1) is 16.8 Å². The van der Waals surface area contributed by atoms with Crippen LogP contribution in [0.1, 0.15) is 27.2 Å². The van der Waals surface area contributed by atoms with Crippen LogP contribution in [0, 0.1) is 17.0 Å². The molecule has 2 amide bonds. The SMILES string of the molecule is CC(O)CC(C)(C)CNC(=O)C(=O)Nc1cc(F)c(F)cc1Cl. The first kappa shape index (κ1) is 19.3. The number of aliphatic hydroxyl groups is 1. The van der Waals surface area contributed by atoms with Crippen molar-refractivity contribution in [2.24, 2.45) is 5.41 Å². The Labute approximate surface area is 138 Å². The number of rotatable bonds is 5. The summed E-state index contributed by atoms with van der Waals surface area (Å²) >= 11 is 5.68. The van der Waals surface area contributed by atoms with E-state index < -0.39 is 35.0 Å². The molecule has 1 atom stereocenters. The molecule has 0 saturated carbocycles. The van der Waals surface area contributed by atoms with Crippen LogP contribution in [-0.4, -0.2) is 29.6 Å². The van der Waals surface area contributed by atoms with Crippen LogP contribution >= 0.6 is 11.6 Å². The van der Waals surface area contributed by atoms with E-state index in [-0.39, 0.29) is 17.3 Å². The molecule has 0 spiro atoms. The zero-order chi connectivity index (χ0) is 17.8. The van der Waals surface area contributed by atoms with Gasteiger partial charge in [-0.15, -0.1) is 0 Å². The molecular weight excluding hydrogens is 330 g/mol. The van der Waals surface area contributed by atoms with Crippen LogP contribution in [0.5, 0.6) is 0 Å². The predicted octanol–water partition coefficient (Wildman–Crippen LogP) is 2.47. The Kier molecular flexibility index (Phi) is 6.47. The summed E-state index contributed by atoms with van der Waals surface area (Å²) in [6.45, 7) is 5.44. The third-order valence-corrected chi connectivity index (χ3v) is 3.35. The molecule has 3 N–H and O–H groups in total. The summed E-state index contributed by atoms with van der Waals surface area (Å²) in [4.78, 5) is 23.5. The highest BCUT2D eigenvalue weighted by Crippen LogP contribution is 2.25. The van der Waals surface area contributed by atoms with Crippen LogP contribution in [0.3, 0.4) is 0 Å². The molecule has 23 heavy (non-hydrogen) atoms. The Morgan fingerprint density at radius 1 is 1.26 bits per heavy atom. The summed E-state index contributed by atoms with van der Waals surface area (Å²) in [6.07, 6.45) is -0.110. The number of aliphatic hydroxyl groups excluding tert-OH is 1. The number of amides is 2. The highest BCUT2D eigenvalue weighted by molar-refractivity contribution is 6.41. The molecule has 0 saturated heterocycles. The molecule has 0 bridgehead atoms. The zero-order valence-corrected chi connectivity index (χ0v) is 13.8. The lowest BCUT2D eigenvalue weighted by Gasteiger charge is -2.26. The zero-order valence-electron chi connectivity index (χ0n) is 13.0. The van der Waals surface area contributed by atoms with Crippen molar-refractivity contribution in [1.29, 1.82) is 0 Å². The van der Waals surface area contributed by atoms with E-state index in [0.717, 1.165) is 0 Å². The Bertz CT molecular complexity index is 607. The van der Waals surface area contributed by atoms with E-state index in [1.54, 1.807) is 6.92 Å². The molecule has 1 rings (SSSR count). The van der Waals surface area contributed by atoms with Gasteiger partial charge >= 0.3 is 11.8 Å². The number of carbonyl (C=O) groups excluding carboxylic acids is 2. The van der Waals surface area contributed by atoms with Gasteiger partial charge in [-0.3, -0.25) is 9.59 Å². The second kappa shape index (κ2) is 7.70. The maximum Gasteiger partial charge on any atom is 0.313 e. The molecule has 0 aromatic heterocycles. The normalized spacial score (nSPS) is 12.7. The minimum absolute atomic E-state index is 0.162. The summed E-state index contributed by atoms with van der Waals surface area (Å²) in [7, 11) is 0. The van der Waals surface area contributed by atoms with Crippen LogP contribution in [0.2, 0.25) is 5.02 Å². The maximum absolute atomic E-state index is 13.1. The second-order valence-electron chi connectivity index (χ2n) is 6.10. The largest absolute Gasteiger partial charge is 0.393 e. The number of anilines is 1. The molecule has 0 aliphatic rings. The fourth-order valence-corrected chi connectivity index (χ4v) is 2.27. The van der Waals surface area contributed by atoms with Gasteiger partial charge in [0.1, 0.15) is 0 Å². The van der Waals surface area contributed by atoms with Crippen LogP contribution < -0.4 is 10.6 Å². The Hall–Kier alpha value is -1.73. The van der Waals surface area contributed by atoms with E-state index in [1.165, 1.54) is 0 Å². The van der Waals surface area contributed by atoms with Gasteiger partial charge in [-0.2, -0.15) is 0 Å². The maximum atomic E-state index is 13.1. The lowest BCUT2D eigenvalue weighted by atomic mass is 9.87. The third-order valence-electron chi connectivity index (χ3n) is 3.04. The van der Waals surface area contributed by atoms with Crippen molar-refractivity contribution in [2.75, 3.05) is 11.9 Å². The quantitative estimate of drug-likeness (QED) is 0.565. The molecule has 128 valence electrons. The standard InChI is InChI=1S/C15H19ClF2N2O3/c1-8(21)6-15(2,3)7-19-13(22)14(23)20-12-5-11(18)10(17)4-9(12)16/h4-5,8,21H,6-7H2,1-3H3,(H,19,22)(H,20,23). The number of hydrogen-bond acceptors (Lipinski definition) is 3. The molecule has 5 nitrogen and oxygen atoms in total. The smallest absolute Gasteiger partial charge is 0.313 e. The monoisotopic (exact) mass is 348 g/mol. The summed E-state index contributed by atoms with van der Waals surface area (Å²) in [6, 6.07) is 1.40. The topological polar surface area (TPSA) is 78.4 Å². The highest BCUT2D eigenvalue weighted by atomic mass is 35.5. The van der Waals surface area contributed by atoms with E-state index in [1.807, 2.05) is 13.8 Å². The summed E-state index contributed by atoms with van der Waals surface area (Å²) in [5.74, 6) is -4.34. The molecule has 0 radical (unpaired) electrons. The minimum Gasteiger partial charge on any atom is -0.393 e. The number of halogens is 3. The van der Waals surface area contributed by atoms with Gasteiger partial charge in [0.2, 0.25) is 0 Å². The number of carbonyl (C=O) groups is 2. The Morgan fingerprint density at radius 3 is 2.39 bits per heavy atom. The molecule has 0 fully saturated rings. The first-order chi connectivity index (χ1) is 10.5. The van der Waals surface area contributed by atoms with Crippen LogP contribution in [0.4, 0.5) is 14.5 Å². The van der Waals surface area contributed by atoms with E-state index in [2.05, 4.69) is 10.6 Å². The van der Waals surface area contributed by atoms with Gasteiger partial charge in [-0.25, -0.2) is 8.78 Å². The Morgan fingerprint density at radius 2 is 1.83 bits per heavy atom. The van der Waals surface area contributed by atoms with Crippen molar-refractivity contribution in [3.05, 3.63) is 28.8 Å². The fraction of sp³-hybridized carbons (Fsp3) is 0.467. The van der Waals surface area contributed by atoms with Gasteiger partial charge in [-0.1, -0.05) is 25.4 Å². The lowest BCUT2D eigenvalue weighted by molar-refractivity contribution is -0.136. The van der Waals surface area contributed by atoms with E-state index in [0.29, 0.717) is 18.6 Å². The molecule has 0 aliphatic carbocycles. The molecule has 0 heterocycles. The minimum atomic E-state index is -1.19. The van der Waals surface area contributed by atoms with Gasteiger partial charge < -0.3 is 15.7 Å². The van der Waals surface area contributed by atoms with Gasteiger partial charge in [0.15, 0.2) is 11.6 Å². The molecule has 0 aliphatic heterocycles. The van der Waals surface area contributed by atoms with Gasteiger partial charge in [-0.05, 0) is 24.8 Å². The third kappa shape index (κ3) is 6.11. The Balaban J connectivity index is 2.65. The van der Waals surface area contributed by atoms with E-state index in [9.17, 15) is 23.5 Å². The highest BCUT2D eigenvalue weighted by Gasteiger charge is 2.23. The number of hydrogen-bond donors (Lipinski definition) is 3. The van der Waals surface area contributed by atoms with Crippen LogP contribution in [0.25, 0.3) is 0 Å². The van der Waals surface area contributed by atoms with Crippen molar-refractivity contribution >= 4 is 29.1 Å². The van der Waals surface area contributed by atoms with Crippen molar-refractivity contribution in [3.8, 4) is 0 Å². The van der Waals surface area contributed by atoms with Crippen molar-refractivity contribution in [3.63, 3.8) is 0 Å². The molecular formula is C15H19ClF2N2O3. The van der Waals surface area contributed by atoms with E-state index >= 15 is 0 Å². The fourth-order valence-electron chi connectivity index (χ4n) is 2.07. The van der Waals surface area contributed by atoms with Gasteiger partial charge in [0.25, 0.3) is 0 Å². The number of nitrogens with one attached hydrogen (secondary N) is 2. The van der Waals surface area contributed by atoms with Crippen molar-refractivity contribution in [2.45, 2.75) is 33.3 Å². The summed E-state index contributed by atoms with van der Waals surface area (Å²) in [5, 5.41) is 13.7. The average molecular weight is 349 g/mol. The van der Waals surface area contributed by atoms with Crippen LogP contribution in [-0.2, 0) is 9.59 Å².